The summed E-state index contributed by atoms with van der Waals surface area (Å²) in [6.07, 6.45) is 1.23. The van der Waals surface area contributed by atoms with Crippen LogP contribution >= 0.6 is 0 Å². The van der Waals surface area contributed by atoms with Gasteiger partial charge in [-0.2, -0.15) is 15.0 Å². The molecule has 3 heterocycles. The molecule has 2 aromatic heterocycles. The Labute approximate surface area is 188 Å². The number of tetrazole rings is 1. The summed E-state index contributed by atoms with van der Waals surface area (Å²) >= 11 is 0. The van der Waals surface area contributed by atoms with E-state index in [1.807, 2.05) is 0 Å². The monoisotopic (exact) mass is 462 g/mol. The van der Waals surface area contributed by atoms with Gasteiger partial charge in [-0.1, -0.05) is 0 Å². The lowest BCUT2D eigenvalue weighted by Gasteiger charge is -2.35. The predicted molar refractivity (Wildman–Crippen MR) is 110 cm³/mol. The van der Waals surface area contributed by atoms with Gasteiger partial charge in [0.15, 0.2) is 11.6 Å². The molecule has 1 aliphatic heterocycles. The summed E-state index contributed by atoms with van der Waals surface area (Å²) in [6.45, 7) is 5.45. The summed E-state index contributed by atoms with van der Waals surface area (Å²) in [4.78, 5) is 14.8. The lowest BCUT2D eigenvalue weighted by Crippen LogP contribution is -2.47. The third-order valence-corrected chi connectivity index (χ3v) is 4.92. The summed E-state index contributed by atoms with van der Waals surface area (Å²) in [5.74, 6) is -0.566. The third-order valence-electron chi connectivity index (χ3n) is 4.92. The van der Waals surface area contributed by atoms with Gasteiger partial charge in [-0.05, 0) is 49.8 Å². The number of hydrogen-bond donors (Lipinski definition) is 0. The number of hydrogen-bond acceptors (Lipinski definition) is 8. The van der Waals surface area contributed by atoms with Crippen LogP contribution < -0.4 is 4.74 Å². The maximum absolute atomic E-state index is 14.8. The Hall–Kier alpha value is -3.64. The first-order valence-electron chi connectivity index (χ1n) is 10.4. The molecule has 0 saturated carbocycles. The van der Waals surface area contributed by atoms with E-state index in [1.54, 1.807) is 26.8 Å². The van der Waals surface area contributed by atoms with E-state index in [1.165, 1.54) is 39.0 Å². The van der Waals surface area contributed by atoms with Crippen molar-refractivity contribution in [3.63, 3.8) is 0 Å². The predicted octanol–water partition coefficient (Wildman–Crippen LogP) is 2.49. The second kappa shape index (κ2) is 9.08. The molecule has 1 amide bonds. The molecule has 0 N–H and O–H groups in total. The SMILES string of the molecule is CC(C)(C)OC(=O)N1CC[C@H](n2ncc(COc3ccc(-n4cnnn4)cc3F)n2)[C@@H](F)C1. The second-order valence-electron chi connectivity index (χ2n) is 8.61. The van der Waals surface area contributed by atoms with E-state index in [-0.39, 0.29) is 18.9 Å². The van der Waals surface area contributed by atoms with Crippen LogP contribution in [0.5, 0.6) is 5.75 Å². The lowest BCUT2D eigenvalue weighted by atomic mass is 10.0. The van der Waals surface area contributed by atoms with Crippen molar-refractivity contribution in [1.29, 1.82) is 0 Å². The number of aromatic nitrogens is 7. The second-order valence-corrected chi connectivity index (χ2v) is 8.61. The van der Waals surface area contributed by atoms with E-state index in [0.717, 1.165) is 0 Å². The van der Waals surface area contributed by atoms with Crippen LogP contribution in [-0.4, -0.2) is 71.1 Å². The van der Waals surface area contributed by atoms with Crippen LogP contribution in [0.1, 0.15) is 38.9 Å². The van der Waals surface area contributed by atoms with Gasteiger partial charge in [-0.15, -0.1) is 5.10 Å². The number of carbonyl (C=O) groups is 1. The average Bonchev–Trinajstić information content (AvgIpc) is 3.44. The first kappa shape index (κ1) is 22.6. The van der Waals surface area contributed by atoms with E-state index in [0.29, 0.717) is 24.3 Å². The van der Waals surface area contributed by atoms with Gasteiger partial charge in [0.05, 0.1) is 18.4 Å². The number of ether oxygens (including phenoxy) is 2. The molecule has 33 heavy (non-hydrogen) atoms. The van der Waals surface area contributed by atoms with Gasteiger partial charge in [0, 0.05) is 12.6 Å². The number of nitrogens with zero attached hydrogens (tertiary/aromatic N) is 8. The molecular weight excluding hydrogens is 438 g/mol. The minimum absolute atomic E-state index is 0.0235. The smallest absolute Gasteiger partial charge is 0.410 e. The van der Waals surface area contributed by atoms with Crippen molar-refractivity contribution in [1.82, 2.24) is 40.1 Å². The summed E-state index contributed by atoms with van der Waals surface area (Å²) in [6, 6.07) is 3.69. The molecule has 2 atom stereocenters. The number of likely N-dealkylation sites (tertiary alicyclic amines) is 1. The van der Waals surface area contributed by atoms with Crippen molar-refractivity contribution in [2.75, 3.05) is 13.1 Å². The highest BCUT2D eigenvalue weighted by atomic mass is 19.1. The Kier molecular flexibility index (Phi) is 6.20. The molecule has 0 aliphatic carbocycles. The van der Waals surface area contributed by atoms with Gasteiger partial charge >= 0.3 is 6.09 Å². The Bertz CT molecular complexity index is 1100. The number of rotatable bonds is 5. The highest BCUT2D eigenvalue weighted by molar-refractivity contribution is 5.68. The van der Waals surface area contributed by atoms with Crippen molar-refractivity contribution in [3.8, 4) is 11.4 Å². The number of piperidine rings is 1. The Morgan fingerprint density at radius 2 is 2.12 bits per heavy atom. The molecule has 13 heteroatoms. The van der Waals surface area contributed by atoms with Crippen LogP contribution in [-0.2, 0) is 11.3 Å². The maximum atomic E-state index is 14.8. The van der Waals surface area contributed by atoms with Crippen LogP contribution in [0.2, 0.25) is 0 Å². The molecule has 0 unspecified atom stereocenters. The molecule has 11 nitrogen and oxygen atoms in total. The molecule has 3 aromatic rings. The van der Waals surface area contributed by atoms with Crippen LogP contribution in [0.25, 0.3) is 5.69 Å². The number of alkyl halides is 1. The molecular formula is C20H24F2N8O3. The van der Waals surface area contributed by atoms with Gasteiger partial charge in [-0.3, -0.25) is 0 Å². The standard InChI is InChI=1S/C20H24F2N8O3/c1-20(2,3)33-19(31)28-7-6-17(16(22)10-28)30-24-9-13(25-30)11-32-18-5-4-14(8-15(18)21)29-12-23-26-27-29/h4-5,8-9,12,16-17H,6-7,10-11H2,1-3H3/t16-,17-/m0/s1. The number of amides is 1. The molecule has 0 radical (unpaired) electrons. The average molecular weight is 462 g/mol. The van der Waals surface area contributed by atoms with Crippen molar-refractivity contribution >= 4 is 6.09 Å². The molecule has 4 rings (SSSR count). The Balaban J connectivity index is 1.34. The fraction of sp³-hybridized carbons (Fsp3) is 0.500. The zero-order chi connectivity index (χ0) is 23.6. The molecule has 1 aliphatic rings. The fourth-order valence-electron chi connectivity index (χ4n) is 3.36. The van der Waals surface area contributed by atoms with E-state index in [9.17, 15) is 13.6 Å². The van der Waals surface area contributed by atoms with Gasteiger partial charge in [0.25, 0.3) is 0 Å². The maximum Gasteiger partial charge on any atom is 0.410 e. The third kappa shape index (κ3) is 5.41. The van der Waals surface area contributed by atoms with E-state index in [4.69, 9.17) is 9.47 Å². The summed E-state index contributed by atoms with van der Waals surface area (Å²) < 4.78 is 41.3. The quantitative estimate of drug-likeness (QED) is 0.568. The van der Waals surface area contributed by atoms with Crippen LogP contribution in [0.15, 0.2) is 30.7 Å². The van der Waals surface area contributed by atoms with Crippen LogP contribution in [0, 0.1) is 5.82 Å². The molecule has 176 valence electrons. The van der Waals surface area contributed by atoms with Crippen molar-refractivity contribution in [2.24, 2.45) is 0 Å². The summed E-state index contributed by atoms with van der Waals surface area (Å²) in [5, 5.41) is 19.1. The van der Waals surface area contributed by atoms with E-state index < -0.39 is 29.7 Å². The van der Waals surface area contributed by atoms with E-state index >= 15 is 0 Å². The van der Waals surface area contributed by atoms with Gasteiger partial charge < -0.3 is 14.4 Å². The molecule has 0 spiro atoms. The van der Waals surface area contributed by atoms with Gasteiger partial charge in [0.1, 0.15) is 36.4 Å². The zero-order valence-electron chi connectivity index (χ0n) is 18.4. The molecule has 1 aromatic carbocycles. The first-order valence-corrected chi connectivity index (χ1v) is 10.4. The van der Waals surface area contributed by atoms with Crippen molar-refractivity contribution in [2.45, 2.75) is 51.6 Å². The topological polar surface area (TPSA) is 113 Å². The summed E-state index contributed by atoms with van der Waals surface area (Å²) in [5.41, 5.74) is 0.217. The number of benzene rings is 1. The minimum atomic E-state index is -1.36. The number of halogens is 2. The van der Waals surface area contributed by atoms with Crippen molar-refractivity contribution in [3.05, 3.63) is 42.2 Å². The van der Waals surface area contributed by atoms with E-state index in [2.05, 4.69) is 25.7 Å². The van der Waals surface area contributed by atoms with Crippen LogP contribution in [0.3, 0.4) is 0 Å². The first-order chi connectivity index (χ1) is 15.7. The highest BCUT2D eigenvalue weighted by Gasteiger charge is 2.35. The van der Waals surface area contributed by atoms with Crippen LogP contribution in [0.4, 0.5) is 13.6 Å². The summed E-state index contributed by atoms with van der Waals surface area (Å²) in [7, 11) is 0. The lowest BCUT2D eigenvalue weighted by molar-refractivity contribution is 0.00443. The van der Waals surface area contributed by atoms with Crippen molar-refractivity contribution < 1.29 is 23.0 Å². The largest absolute Gasteiger partial charge is 0.484 e. The normalized spacial score (nSPS) is 18.9. The zero-order valence-corrected chi connectivity index (χ0v) is 18.4. The molecule has 0 bridgehead atoms. The fourth-order valence-corrected chi connectivity index (χ4v) is 3.36. The number of carbonyl (C=O) groups excluding carboxylic acids is 1. The Morgan fingerprint density at radius 1 is 1.30 bits per heavy atom. The Morgan fingerprint density at radius 3 is 2.79 bits per heavy atom. The van der Waals surface area contributed by atoms with Gasteiger partial charge in [-0.25, -0.2) is 18.3 Å². The minimum Gasteiger partial charge on any atom is -0.484 e. The highest BCUT2D eigenvalue weighted by Crippen LogP contribution is 2.26. The van der Waals surface area contributed by atoms with Gasteiger partial charge in [0.2, 0.25) is 0 Å². The molecule has 1 fully saturated rings. The molecule has 1 saturated heterocycles.